The lowest BCUT2D eigenvalue weighted by atomic mass is 9.46. The molecule has 4 aliphatic carbocycles. The molecule has 1 aromatic carbocycles. The van der Waals surface area contributed by atoms with Gasteiger partial charge in [0.15, 0.2) is 0 Å². The highest BCUT2D eigenvalue weighted by Gasteiger charge is 2.59. The molecule has 0 bridgehead atoms. The third kappa shape index (κ3) is 6.50. The van der Waals surface area contributed by atoms with Crippen molar-refractivity contribution in [3.63, 3.8) is 0 Å². The van der Waals surface area contributed by atoms with Crippen molar-refractivity contribution in [2.45, 2.75) is 111 Å². The molecule has 0 radical (unpaired) electrons. The lowest BCUT2D eigenvalue weighted by Crippen LogP contribution is -2.51. The van der Waals surface area contributed by atoms with Crippen LogP contribution in [0, 0.1) is 46.3 Å². The number of fused-ring (bicyclic) bond motifs is 5. The Bertz CT molecular complexity index is 1300. The maximum atomic E-state index is 13.0. The summed E-state index contributed by atoms with van der Waals surface area (Å²) in [6, 6.07) is 4.20. The predicted octanol–water partition coefficient (Wildman–Crippen LogP) is 9.16. The Labute approximate surface area is 260 Å². The normalized spacial score (nSPS) is 33.2. The Morgan fingerprint density at radius 1 is 0.977 bits per heavy atom. The maximum absolute atomic E-state index is 13.0. The van der Waals surface area contributed by atoms with Crippen LogP contribution in [0.15, 0.2) is 41.0 Å². The molecule has 3 saturated carbocycles. The SMILES string of the molecule is CC(C)CCCC(C)C1CCC2C3CCC4=C/C(=N/NC(=O)C(=O)Nc5cccc(C(F)(F)F)c5)CCC4(C)C3CCC12C. The van der Waals surface area contributed by atoms with Gasteiger partial charge in [0.1, 0.15) is 0 Å². The molecular formula is C36H50F3N3O2. The first-order chi connectivity index (χ1) is 20.7. The van der Waals surface area contributed by atoms with Crippen LogP contribution in [0.5, 0.6) is 0 Å². The minimum atomic E-state index is -4.54. The largest absolute Gasteiger partial charge is 0.416 e. The Balaban J connectivity index is 1.20. The number of hydrogen-bond acceptors (Lipinski definition) is 3. The average molecular weight is 614 g/mol. The van der Waals surface area contributed by atoms with E-state index in [1.807, 2.05) is 0 Å². The molecule has 8 heteroatoms. The van der Waals surface area contributed by atoms with E-state index in [1.165, 1.54) is 69.1 Å². The van der Waals surface area contributed by atoms with Gasteiger partial charge in [0.25, 0.3) is 0 Å². The number of alkyl halides is 3. The minimum Gasteiger partial charge on any atom is -0.318 e. The van der Waals surface area contributed by atoms with Gasteiger partial charge in [-0.25, -0.2) is 5.43 Å². The smallest absolute Gasteiger partial charge is 0.318 e. The summed E-state index contributed by atoms with van der Waals surface area (Å²) in [6.07, 6.45) is 10.9. The van der Waals surface area contributed by atoms with Gasteiger partial charge in [-0.05, 0) is 122 Å². The number of amides is 2. The molecule has 0 heterocycles. The molecule has 7 unspecified atom stereocenters. The van der Waals surface area contributed by atoms with Crippen LogP contribution in [0.3, 0.4) is 0 Å². The molecule has 2 N–H and O–H groups in total. The number of anilines is 1. The predicted molar refractivity (Wildman–Crippen MR) is 169 cm³/mol. The zero-order chi connectivity index (χ0) is 31.9. The van der Waals surface area contributed by atoms with Crippen molar-refractivity contribution in [1.29, 1.82) is 0 Å². The van der Waals surface area contributed by atoms with Crippen molar-refractivity contribution in [2.75, 3.05) is 5.32 Å². The van der Waals surface area contributed by atoms with E-state index >= 15 is 0 Å². The summed E-state index contributed by atoms with van der Waals surface area (Å²) in [6.45, 7) is 12.2. The second kappa shape index (κ2) is 12.6. The number of allylic oxidation sites excluding steroid dienone is 2. The Morgan fingerprint density at radius 2 is 1.75 bits per heavy atom. The number of nitrogens with one attached hydrogen (secondary N) is 2. The standard InChI is InChI=1S/C36H50F3N3O2/c1-22(2)8-6-9-23(3)29-14-15-30-28-13-12-24-20-27(16-18-34(24,4)31(28)17-19-35(29,30)5)41-42-33(44)32(43)40-26-11-7-10-25(21-26)36(37,38)39/h7,10-11,20-23,28-31H,6,8-9,12-19H2,1-5H3,(H,40,43)(H,42,44)/b41-27+. The third-order valence-corrected chi connectivity index (χ3v) is 12.1. The van der Waals surface area contributed by atoms with Crippen LogP contribution in [0.25, 0.3) is 0 Å². The molecule has 5 rings (SSSR count). The van der Waals surface area contributed by atoms with E-state index < -0.39 is 23.6 Å². The second-order valence-corrected chi connectivity index (χ2v) is 15.1. The highest BCUT2D eigenvalue weighted by Crippen LogP contribution is 2.67. The molecule has 44 heavy (non-hydrogen) atoms. The number of hydrogen-bond donors (Lipinski definition) is 2. The van der Waals surface area contributed by atoms with Crippen LogP contribution in [-0.2, 0) is 15.8 Å². The zero-order valence-corrected chi connectivity index (χ0v) is 27.0. The van der Waals surface area contributed by atoms with E-state index in [2.05, 4.69) is 56.5 Å². The van der Waals surface area contributed by atoms with Crippen LogP contribution < -0.4 is 10.7 Å². The molecule has 0 aliphatic heterocycles. The van der Waals surface area contributed by atoms with Crippen molar-refractivity contribution < 1.29 is 22.8 Å². The first kappa shape index (κ1) is 32.7. The summed E-state index contributed by atoms with van der Waals surface area (Å²) in [7, 11) is 0. The van der Waals surface area contributed by atoms with Gasteiger partial charge in [-0.3, -0.25) is 9.59 Å². The Hall–Kier alpha value is -2.64. The van der Waals surface area contributed by atoms with Crippen molar-refractivity contribution in [2.24, 2.45) is 51.4 Å². The molecule has 7 atom stereocenters. The van der Waals surface area contributed by atoms with Gasteiger partial charge in [0.2, 0.25) is 0 Å². The number of rotatable bonds is 7. The van der Waals surface area contributed by atoms with Crippen LogP contribution >= 0.6 is 0 Å². The van der Waals surface area contributed by atoms with Gasteiger partial charge in [-0.15, -0.1) is 0 Å². The maximum Gasteiger partial charge on any atom is 0.416 e. The van der Waals surface area contributed by atoms with Crippen LogP contribution in [0.1, 0.15) is 111 Å². The number of halogens is 3. The number of carbonyl (C=O) groups excluding carboxylic acids is 2. The summed E-state index contributed by atoms with van der Waals surface area (Å²) >= 11 is 0. The van der Waals surface area contributed by atoms with Crippen molar-refractivity contribution >= 4 is 23.2 Å². The molecule has 5 nitrogen and oxygen atoms in total. The monoisotopic (exact) mass is 613 g/mol. The zero-order valence-electron chi connectivity index (χ0n) is 27.0. The molecule has 0 saturated heterocycles. The quantitative estimate of drug-likeness (QED) is 0.238. The number of hydrazone groups is 1. The molecule has 1 aromatic rings. The summed E-state index contributed by atoms with van der Waals surface area (Å²) in [5.41, 5.74) is 4.07. The van der Waals surface area contributed by atoms with Crippen LogP contribution in [-0.4, -0.2) is 17.5 Å². The van der Waals surface area contributed by atoms with Gasteiger partial charge in [0, 0.05) is 5.69 Å². The van der Waals surface area contributed by atoms with Gasteiger partial charge < -0.3 is 5.32 Å². The summed E-state index contributed by atoms with van der Waals surface area (Å²) < 4.78 is 39.0. The first-order valence-corrected chi connectivity index (χ1v) is 16.8. The fraction of sp³-hybridized carbons (Fsp3) is 0.694. The highest BCUT2D eigenvalue weighted by molar-refractivity contribution is 6.39. The van der Waals surface area contributed by atoms with Gasteiger partial charge >= 0.3 is 18.0 Å². The van der Waals surface area contributed by atoms with Crippen LogP contribution in [0.2, 0.25) is 0 Å². The third-order valence-electron chi connectivity index (χ3n) is 12.1. The summed E-state index contributed by atoms with van der Waals surface area (Å²) in [4.78, 5) is 24.8. The number of nitrogens with zero attached hydrogens (tertiary/aromatic N) is 1. The lowest BCUT2D eigenvalue weighted by Gasteiger charge is -2.58. The van der Waals surface area contributed by atoms with Crippen molar-refractivity contribution in [3.8, 4) is 0 Å². The summed E-state index contributed by atoms with van der Waals surface area (Å²) in [5, 5.41) is 6.49. The van der Waals surface area contributed by atoms with E-state index in [1.54, 1.807) is 0 Å². The number of benzene rings is 1. The molecule has 4 aliphatic rings. The Kier molecular flexibility index (Phi) is 9.40. The minimum absolute atomic E-state index is 0.0994. The van der Waals surface area contributed by atoms with E-state index in [0.717, 1.165) is 66.7 Å². The first-order valence-electron chi connectivity index (χ1n) is 16.8. The Morgan fingerprint density at radius 3 is 2.48 bits per heavy atom. The topological polar surface area (TPSA) is 70.6 Å². The highest BCUT2D eigenvalue weighted by atomic mass is 19.4. The fourth-order valence-corrected chi connectivity index (χ4v) is 9.82. The van der Waals surface area contributed by atoms with Crippen molar-refractivity contribution in [3.05, 3.63) is 41.5 Å². The van der Waals surface area contributed by atoms with E-state index in [-0.39, 0.29) is 11.1 Å². The van der Waals surface area contributed by atoms with E-state index in [0.29, 0.717) is 11.3 Å². The van der Waals surface area contributed by atoms with Crippen molar-refractivity contribution in [1.82, 2.24) is 5.43 Å². The van der Waals surface area contributed by atoms with E-state index in [9.17, 15) is 22.8 Å². The molecular weight excluding hydrogens is 563 g/mol. The van der Waals surface area contributed by atoms with Gasteiger partial charge in [0.05, 0.1) is 11.3 Å². The van der Waals surface area contributed by atoms with E-state index in [4.69, 9.17) is 0 Å². The molecule has 0 spiro atoms. The van der Waals surface area contributed by atoms with Gasteiger partial charge in [-0.1, -0.05) is 65.5 Å². The molecule has 242 valence electrons. The van der Waals surface area contributed by atoms with Crippen LogP contribution in [0.4, 0.5) is 18.9 Å². The average Bonchev–Trinajstić information content (AvgIpc) is 3.32. The lowest BCUT2D eigenvalue weighted by molar-refractivity contribution is -0.137. The second-order valence-electron chi connectivity index (χ2n) is 15.1. The fourth-order valence-electron chi connectivity index (χ4n) is 9.82. The van der Waals surface area contributed by atoms with Gasteiger partial charge in [-0.2, -0.15) is 18.3 Å². The summed E-state index contributed by atoms with van der Waals surface area (Å²) in [5.74, 6) is 2.59. The molecule has 2 amide bonds. The molecule has 0 aromatic heterocycles. The molecule has 3 fully saturated rings. The number of carbonyl (C=O) groups is 2.